The molecule has 35 heavy (non-hydrogen) atoms. The molecule has 3 saturated carbocycles. The fourth-order valence-corrected chi connectivity index (χ4v) is 11.2. The van der Waals surface area contributed by atoms with E-state index in [-0.39, 0.29) is 12.1 Å². The third-order valence-corrected chi connectivity index (χ3v) is 14.0. The highest BCUT2D eigenvalue weighted by Crippen LogP contribution is 2.68. The van der Waals surface area contributed by atoms with Gasteiger partial charge >= 0.3 is 5.97 Å². The summed E-state index contributed by atoms with van der Waals surface area (Å²) in [7, 11) is 0. The summed E-state index contributed by atoms with van der Waals surface area (Å²) in [4.78, 5) is 11.6. The second-order valence-corrected chi connectivity index (χ2v) is 14.9. The van der Waals surface area contributed by atoms with Crippen LogP contribution in [0.15, 0.2) is 20.6 Å². The number of halogens is 2. The molecule has 4 rings (SSSR count). The third-order valence-electron chi connectivity index (χ3n) is 11.3. The minimum absolute atomic E-state index is 0.0920. The molecule has 198 valence electrons. The lowest BCUT2D eigenvalue weighted by Crippen LogP contribution is -2.51. The van der Waals surface area contributed by atoms with Gasteiger partial charge in [0.15, 0.2) is 0 Å². The van der Waals surface area contributed by atoms with E-state index in [1.54, 1.807) is 12.5 Å². The summed E-state index contributed by atoms with van der Waals surface area (Å²) in [5, 5.41) is 0. The molecule has 0 aromatic heterocycles. The Morgan fingerprint density at radius 1 is 1.06 bits per heavy atom. The maximum atomic E-state index is 11.6. The van der Waals surface area contributed by atoms with E-state index < -0.39 is 0 Å². The van der Waals surface area contributed by atoms with E-state index in [4.69, 9.17) is 4.74 Å². The molecule has 0 aliphatic heterocycles. The molecule has 0 heterocycles. The van der Waals surface area contributed by atoms with Crippen molar-refractivity contribution in [3.63, 3.8) is 0 Å². The van der Waals surface area contributed by atoms with Crippen molar-refractivity contribution in [3.05, 3.63) is 20.6 Å². The molecule has 0 bridgehead atoms. The Kier molecular flexibility index (Phi) is 8.45. The minimum atomic E-state index is -0.127. The molecular formula is C31H48Br2O2. The highest BCUT2D eigenvalue weighted by atomic mass is 79.9. The molecule has 0 amide bonds. The van der Waals surface area contributed by atoms with E-state index in [1.807, 2.05) is 0 Å². The predicted octanol–water partition coefficient (Wildman–Crippen LogP) is 9.82. The monoisotopic (exact) mass is 610 g/mol. The minimum Gasteiger partial charge on any atom is -0.462 e. The SMILES string of the molecule is CCC(/C(Br)=C(/Br)C(C)C1CCC2C3CC=C4CC(OC(C)=O)CCC4(C)C3CCC12C)C(C)C. The molecule has 0 N–H and O–H groups in total. The van der Waals surface area contributed by atoms with Gasteiger partial charge in [-0.25, -0.2) is 0 Å². The topological polar surface area (TPSA) is 26.3 Å². The van der Waals surface area contributed by atoms with Crippen LogP contribution in [-0.2, 0) is 9.53 Å². The number of esters is 1. The van der Waals surface area contributed by atoms with E-state index in [0.717, 1.165) is 36.5 Å². The lowest BCUT2D eigenvalue weighted by atomic mass is 9.47. The molecule has 0 spiro atoms. The average Bonchev–Trinajstić information content (AvgIpc) is 3.15. The molecule has 0 aromatic rings. The molecular weight excluding hydrogens is 564 g/mol. The Morgan fingerprint density at radius 3 is 2.40 bits per heavy atom. The van der Waals surface area contributed by atoms with Crippen molar-refractivity contribution in [2.75, 3.05) is 0 Å². The maximum Gasteiger partial charge on any atom is 0.302 e. The zero-order valence-electron chi connectivity index (χ0n) is 23.1. The molecule has 9 unspecified atom stereocenters. The van der Waals surface area contributed by atoms with Crippen molar-refractivity contribution >= 4 is 37.8 Å². The van der Waals surface area contributed by atoms with Crippen molar-refractivity contribution in [2.24, 2.45) is 52.3 Å². The van der Waals surface area contributed by atoms with Gasteiger partial charge in [-0.3, -0.25) is 4.79 Å². The first kappa shape index (κ1) is 27.9. The normalized spacial score (nSPS) is 41.2. The van der Waals surface area contributed by atoms with Gasteiger partial charge in [0.25, 0.3) is 0 Å². The highest BCUT2D eigenvalue weighted by molar-refractivity contribution is 9.14. The van der Waals surface area contributed by atoms with Gasteiger partial charge < -0.3 is 4.74 Å². The molecule has 0 radical (unpaired) electrons. The van der Waals surface area contributed by atoms with Crippen LogP contribution in [-0.4, -0.2) is 12.1 Å². The smallest absolute Gasteiger partial charge is 0.302 e. The summed E-state index contributed by atoms with van der Waals surface area (Å²) in [5.74, 6) is 4.87. The number of fused-ring (bicyclic) bond motifs is 5. The van der Waals surface area contributed by atoms with Gasteiger partial charge in [-0.1, -0.05) is 85.1 Å². The van der Waals surface area contributed by atoms with Crippen molar-refractivity contribution in [1.82, 2.24) is 0 Å². The third kappa shape index (κ3) is 4.90. The summed E-state index contributed by atoms with van der Waals surface area (Å²) in [6.45, 7) is 16.2. The molecule has 9 atom stereocenters. The second kappa shape index (κ2) is 10.6. The zero-order valence-corrected chi connectivity index (χ0v) is 26.3. The Balaban J connectivity index is 1.55. The molecule has 4 aliphatic carbocycles. The highest BCUT2D eigenvalue weighted by Gasteiger charge is 2.59. The lowest BCUT2D eigenvalue weighted by molar-refractivity contribution is -0.148. The Morgan fingerprint density at radius 2 is 1.77 bits per heavy atom. The number of ether oxygens (including phenoxy) is 1. The van der Waals surface area contributed by atoms with Crippen LogP contribution >= 0.6 is 31.9 Å². The van der Waals surface area contributed by atoms with E-state index in [0.29, 0.717) is 28.6 Å². The lowest BCUT2D eigenvalue weighted by Gasteiger charge is -2.58. The van der Waals surface area contributed by atoms with Crippen molar-refractivity contribution in [3.8, 4) is 0 Å². The van der Waals surface area contributed by atoms with E-state index >= 15 is 0 Å². The van der Waals surface area contributed by atoms with E-state index in [9.17, 15) is 4.79 Å². The van der Waals surface area contributed by atoms with Crippen LogP contribution in [0.3, 0.4) is 0 Å². The molecule has 4 aliphatic rings. The fourth-order valence-electron chi connectivity index (χ4n) is 9.34. The standard InChI is InChI=1S/C31H48Br2O2/c1-8-23(18(2)3)29(33)28(32)19(4)25-11-12-26-24-10-9-21-17-22(35-20(5)34)13-15-30(21,6)27(24)14-16-31(25,26)7/h9,18-19,22-27H,8,10-17H2,1-7H3/b29-28-. The molecule has 4 heteroatoms. The molecule has 0 saturated heterocycles. The number of allylic oxidation sites excluding steroid dienone is 3. The summed E-state index contributed by atoms with van der Waals surface area (Å²) in [5.41, 5.74) is 2.33. The van der Waals surface area contributed by atoms with Gasteiger partial charge in [0.2, 0.25) is 0 Å². The van der Waals surface area contributed by atoms with Crippen LogP contribution < -0.4 is 0 Å². The number of hydrogen-bond acceptors (Lipinski definition) is 2. The molecule has 0 aromatic carbocycles. The molecule has 2 nitrogen and oxygen atoms in total. The summed E-state index contributed by atoms with van der Waals surface area (Å²) in [6.07, 6.45) is 13.7. The van der Waals surface area contributed by atoms with Crippen LogP contribution in [0.25, 0.3) is 0 Å². The first-order valence-corrected chi connectivity index (χ1v) is 15.9. The van der Waals surface area contributed by atoms with Gasteiger partial charge in [0.05, 0.1) is 0 Å². The Hall–Kier alpha value is -0.0900. The van der Waals surface area contributed by atoms with Crippen molar-refractivity contribution < 1.29 is 9.53 Å². The second-order valence-electron chi connectivity index (χ2n) is 13.2. The Labute approximate surface area is 231 Å². The van der Waals surface area contributed by atoms with Crippen LogP contribution in [0.5, 0.6) is 0 Å². The first-order valence-electron chi connectivity index (χ1n) is 14.4. The van der Waals surface area contributed by atoms with E-state index in [2.05, 4.69) is 79.5 Å². The summed E-state index contributed by atoms with van der Waals surface area (Å²) in [6, 6.07) is 0. The van der Waals surface area contributed by atoms with Gasteiger partial charge in [-0.15, -0.1) is 0 Å². The van der Waals surface area contributed by atoms with Crippen molar-refractivity contribution in [1.29, 1.82) is 0 Å². The molecule has 3 fully saturated rings. The van der Waals surface area contributed by atoms with Crippen molar-refractivity contribution in [2.45, 2.75) is 112 Å². The fraction of sp³-hybridized carbons (Fsp3) is 0.839. The summed E-state index contributed by atoms with van der Waals surface area (Å²) >= 11 is 8.14. The largest absolute Gasteiger partial charge is 0.462 e. The number of carbonyl (C=O) groups excluding carboxylic acids is 1. The van der Waals surface area contributed by atoms with Gasteiger partial charge in [0.1, 0.15) is 6.10 Å². The van der Waals surface area contributed by atoms with Gasteiger partial charge in [-0.05, 0) is 104 Å². The zero-order chi connectivity index (χ0) is 25.7. The van der Waals surface area contributed by atoms with Gasteiger partial charge in [0, 0.05) is 22.3 Å². The van der Waals surface area contributed by atoms with Gasteiger partial charge in [-0.2, -0.15) is 0 Å². The number of rotatable bonds is 6. The van der Waals surface area contributed by atoms with E-state index in [1.165, 1.54) is 53.9 Å². The maximum absolute atomic E-state index is 11.6. The van der Waals surface area contributed by atoms with Crippen LogP contribution in [0.4, 0.5) is 0 Å². The van der Waals surface area contributed by atoms with Crippen LogP contribution in [0.2, 0.25) is 0 Å². The number of hydrogen-bond donors (Lipinski definition) is 0. The quantitative estimate of drug-likeness (QED) is 0.221. The Bertz CT molecular complexity index is 875. The first-order chi connectivity index (χ1) is 16.4. The predicted molar refractivity (Wildman–Crippen MR) is 153 cm³/mol. The summed E-state index contributed by atoms with van der Waals surface area (Å²) < 4.78 is 8.47. The number of carbonyl (C=O) groups is 1. The van der Waals surface area contributed by atoms with Crippen LogP contribution in [0.1, 0.15) is 106 Å². The average molecular weight is 613 g/mol. The van der Waals surface area contributed by atoms with Crippen LogP contribution in [0, 0.1) is 52.3 Å².